The van der Waals surface area contributed by atoms with Crippen molar-refractivity contribution in [1.29, 1.82) is 0 Å². The van der Waals surface area contributed by atoms with Crippen molar-refractivity contribution in [3.05, 3.63) is 0 Å². The van der Waals surface area contributed by atoms with Crippen molar-refractivity contribution in [3.63, 3.8) is 0 Å². The van der Waals surface area contributed by atoms with Gasteiger partial charge in [0.25, 0.3) is 0 Å². The third kappa shape index (κ3) is 5.54. The van der Waals surface area contributed by atoms with Crippen LogP contribution in [0.4, 0.5) is 0 Å². The largest absolute Gasteiger partial charge is 0.349 e. The molecule has 1 fully saturated rings. The molecule has 1 saturated heterocycles. The standard InChI is InChI=1S/C4H5NO2.C3H9N/c6-3-1-4(7)5-2-3;1-2-3-4/h1-2H2,(H,5,7);2-4H2,1H3. The molecule has 1 aliphatic heterocycles. The first-order valence-corrected chi connectivity index (χ1v) is 3.69. The molecule has 0 radical (unpaired) electrons. The zero-order chi connectivity index (χ0) is 8.69. The highest BCUT2D eigenvalue weighted by molar-refractivity contribution is 6.05. The number of nitrogens with one attached hydrogen (secondary N) is 1. The van der Waals surface area contributed by atoms with E-state index in [1.807, 2.05) is 0 Å². The molecule has 3 N–H and O–H groups in total. The third-order valence-corrected chi connectivity index (χ3v) is 1.13. The van der Waals surface area contributed by atoms with Gasteiger partial charge < -0.3 is 11.1 Å². The summed E-state index contributed by atoms with van der Waals surface area (Å²) < 4.78 is 0. The Morgan fingerprint density at radius 3 is 2.18 bits per heavy atom. The van der Waals surface area contributed by atoms with Crippen molar-refractivity contribution < 1.29 is 9.59 Å². The number of nitrogens with two attached hydrogens (primary N) is 1. The van der Waals surface area contributed by atoms with Gasteiger partial charge >= 0.3 is 0 Å². The maximum absolute atomic E-state index is 10.2. The number of rotatable bonds is 1. The van der Waals surface area contributed by atoms with Gasteiger partial charge in [-0.1, -0.05) is 6.92 Å². The second kappa shape index (κ2) is 5.85. The van der Waals surface area contributed by atoms with E-state index in [0.717, 1.165) is 13.0 Å². The molecule has 1 rings (SSSR count). The average Bonchev–Trinajstić information content (AvgIpc) is 2.35. The van der Waals surface area contributed by atoms with Crippen LogP contribution in [-0.4, -0.2) is 24.8 Å². The van der Waals surface area contributed by atoms with Gasteiger partial charge in [0.1, 0.15) is 0 Å². The lowest BCUT2D eigenvalue weighted by Crippen LogP contribution is -2.13. The Bertz CT molecular complexity index is 129. The first kappa shape index (κ1) is 10.1. The number of carbonyl (C=O) groups excluding carboxylic acids is 2. The van der Waals surface area contributed by atoms with Crippen LogP contribution in [0, 0.1) is 0 Å². The molecule has 0 atom stereocenters. The molecule has 0 aromatic rings. The minimum absolute atomic E-state index is 0.00926. The number of hydrogen-bond donors (Lipinski definition) is 2. The molecule has 11 heavy (non-hydrogen) atoms. The minimum atomic E-state index is -0.148. The summed E-state index contributed by atoms with van der Waals surface area (Å²) in [6.45, 7) is 3.11. The average molecular weight is 158 g/mol. The zero-order valence-electron chi connectivity index (χ0n) is 6.72. The number of amides is 1. The van der Waals surface area contributed by atoms with E-state index in [4.69, 9.17) is 5.73 Å². The second-order valence-corrected chi connectivity index (χ2v) is 2.28. The van der Waals surface area contributed by atoms with Gasteiger partial charge in [0, 0.05) is 0 Å². The molecule has 0 spiro atoms. The lowest BCUT2D eigenvalue weighted by atomic mass is 10.3. The lowest BCUT2D eigenvalue weighted by molar-refractivity contribution is -0.122. The van der Waals surface area contributed by atoms with Crippen LogP contribution >= 0.6 is 0 Å². The highest BCUT2D eigenvalue weighted by atomic mass is 16.2. The highest BCUT2D eigenvalue weighted by Gasteiger charge is 2.16. The minimum Gasteiger partial charge on any atom is -0.349 e. The Labute approximate surface area is 66.1 Å². The molecule has 64 valence electrons. The molecule has 4 nitrogen and oxygen atoms in total. The summed E-state index contributed by atoms with van der Waals surface area (Å²) in [5.74, 6) is -0.157. The molecule has 1 aliphatic rings. The van der Waals surface area contributed by atoms with E-state index in [1.54, 1.807) is 0 Å². The Kier molecular flexibility index (Phi) is 5.37. The number of carbonyl (C=O) groups is 2. The van der Waals surface area contributed by atoms with E-state index in [-0.39, 0.29) is 24.7 Å². The van der Waals surface area contributed by atoms with Crippen LogP contribution in [0.25, 0.3) is 0 Å². The van der Waals surface area contributed by atoms with E-state index < -0.39 is 0 Å². The molecule has 4 heteroatoms. The normalized spacial score (nSPS) is 15.5. The van der Waals surface area contributed by atoms with Crippen molar-refractivity contribution >= 4 is 11.7 Å². The SMILES string of the molecule is CCCN.O=C1CNC(=O)C1. The molecule has 1 heterocycles. The third-order valence-electron chi connectivity index (χ3n) is 1.13. The summed E-state index contributed by atoms with van der Waals surface area (Å²) in [4.78, 5) is 20.3. The fourth-order valence-corrected chi connectivity index (χ4v) is 0.501. The molecule has 0 aromatic heterocycles. The Balaban J connectivity index is 0.000000218. The highest BCUT2D eigenvalue weighted by Crippen LogP contribution is 1.88. The van der Waals surface area contributed by atoms with E-state index in [1.165, 1.54) is 0 Å². The first-order chi connectivity index (χ1) is 5.20. The maximum Gasteiger partial charge on any atom is 0.227 e. The quantitative estimate of drug-likeness (QED) is 0.502. The molecule has 0 bridgehead atoms. The van der Waals surface area contributed by atoms with Crippen LogP contribution in [0.3, 0.4) is 0 Å². The van der Waals surface area contributed by atoms with Crippen LogP contribution in [-0.2, 0) is 9.59 Å². The summed E-state index contributed by atoms with van der Waals surface area (Å²) in [6.07, 6.45) is 1.18. The second-order valence-electron chi connectivity index (χ2n) is 2.28. The summed E-state index contributed by atoms with van der Waals surface area (Å²) in [5, 5.41) is 2.38. The topological polar surface area (TPSA) is 72.2 Å². The number of Topliss-reactive ketones (excluding diaryl/α,β-unsaturated/α-hetero) is 1. The Hall–Kier alpha value is -0.900. The van der Waals surface area contributed by atoms with Crippen LogP contribution < -0.4 is 11.1 Å². The summed E-state index contributed by atoms with van der Waals surface area (Å²) in [5.41, 5.74) is 5.03. The molecule has 1 amide bonds. The predicted octanol–water partition coefficient (Wildman–Crippen LogP) is -0.569. The maximum atomic E-state index is 10.2. The van der Waals surface area contributed by atoms with Gasteiger partial charge in [-0.15, -0.1) is 0 Å². The van der Waals surface area contributed by atoms with Gasteiger partial charge in [-0.3, -0.25) is 9.59 Å². The van der Waals surface area contributed by atoms with Crippen molar-refractivity contribution in [3.8, 4) is 0 Å². The van der Waals surface area contributed by atoms with Crippen LogP contribution in [0.1, 0.15) is 19.8 Å². The lowest BCUT2D eigenvalue weighted by Gasteiger charge is -1.78. The molecule has 0 aromatic carbocycles. The smallest absolute Gasteiger partial charge is 0.227 e. The van der Waals surface area contributed by atoms with Gasteiger partial charge in [0.05, 0.1) is 13.0 Å². The number of hydrogen-bond acceptors (Lipinski definition) is 3. The fraction of sp³-hybridized carbons (Fsp3) is 0.714. The van der Waals surface area contributed by atoms with E-state index in [9.17, 15) is 9.59 Å². The molecule has 0 aliphatic carbocycles. The van der Waals surface area contributed by atoms with Crippen LogP contribution in [0.5, 0.6) is 0 Å². The van der Waals surface area contributed by atoms with E-state index in [2.05, 4.69) is 12.2 Å². The zero-order valence-corrected chi connectivity index (χ0v) is 6.72. The molecular formula is C7H14N2O2. The van der Waals surface area contributed by atoms with Crippen LogP contribution in [0.2, 0.25) is 0 Å². The van der Waals surface area contributed by atoms with Crippen LogP contribution in [0.15, 0.2) is 0 Å². The first-order valence-electron chi connectivity index (χ1n) is 3.69. The Morgan fingerprint density at radius 1 is 1.55 bits per heavy atom. The summed E-state index contributed by atoms with van der Waals surface area (Å²) in [6, 6.07) is 0. The summed E-state index contributed by atoms with van der Waals surface area (Å²) in [7, 11) is 0. The number of ketones is 1. The van der Waals surface area contributed by atoms with E-state index in [0.29, 0.717) is 0 Å². The van der Waals surface area contributed by atoms with E-state index >= 15 is 0 Å². The van der Waals surface area contributed by atoms with Crippen molar-refractivity contribution in [2.45, 2.75) is 19.8 Å². The Morgan fingerprint density at radius 2 is 2.09 bits per heavy atom. The van der Waals surface area contributed by atoms with Gasteiger partial charge in [0.15, 0.2) is 5.78 Å². The van der Waals surface area contributed by atoms with Gasteiger partial charge in [-0.05, 0) is 13.0 Å². The predicted molar refractivity (Wildman–Crippen MR) is 42.0 cm³/mol. The van der Waals surface area contributed by atoms with Crippen molar-refractivity contribution in [2.75, 3.05) is 13.1 Å². The summed E-state index contributed by atoms with van der Waals surface area (Å²) >= 11 is 0. The molecular weight excluding hydrogens is 144 g/mol. The van der Waals surface area contributed by atoms with Crippen molar-refractivity contribution in [1.82, 2.24) is 5.32 Å². The van der Waals surface area contributed by atoms with Gasteiger partial charge in [0.2, 0.25) is 5.91 Å². The monoisotopic (exact) mass is 158 g/mol. The fourth-order valence-electron chi connectivity index (χ4n) is 0.501. The van der Waals surface area contributed by atoms with Crippen molar-refractivity contribution in [2.24, 2.45) is 5.73 Å². The molecule has 0 saturated carbocycles. The van der Waals surface area contributed by atoms with Gasteiger partial charge in [-0.25, -0.2) is 0 Å². The van der Waals surface area contributed by atoms with Gasteiger partial charge in [-0.2, -0.15) is 0 Å². The molecule has 0 unspecified atom stereocenters.